The Morgan fingerprint density at radius 2 is 2.00 bits per heavy atom. The van der Waals surface area contributed by atoms with E-state index in [4.69, 9.17) is 0 Å². The molecule has 0 atom stereocenters. The Labute approximate surface area is 109 Å². The molecule has 100 valence electrons. The maximum absolute atomic E-state index is 10.4. The molecule has 0 aromatic carbocycles. The Kier molecular flexibility index (Phi) is 3.85. The summed E-state index contributed by atoms with van der Waals surface area (Å²) in [6, 6.07) is 2.02. The first-order valence-corrected chi connectivity index (χ1v) is 6.80. The fraction of sp³-hybridized carbons (Fsp3) is 0.714. The summed E-state index contributed by atoms with van der Waals surface area (Å²) in [7, 11) is 2.00. The normalized spacial score (nSPS) is 18.0. The monoisotopic (exact) mass is 249 g/mol. The highest BCUT2D eigenvalue weighted by Crippen LogP contribution is 2.30. The number of aliphatic hydroxyl groups is 1. The van der Waals surface area contributed by atoms with Crippen LogP contribution in [0.15, 0.2) is 6.07 Å². The molecule has 0 bridgehead atoms. The molecule has 1 fully saturated rings. The van der Waals surface area contributed by atoms with Crippen LogP contribution in [0.25, 0.3) is 0 Å². The fourth-order valence-corrected chi connectivity index (χ4v) is 2.70. The van der Waals surface area contributed by atoms with Gasteiger partial charge < -0.3 is 10.0 Å². The molecule has 1 saturated carbocycles. The predicted octanol–water partition coefficient (Wildman–Crippen LogP) is 2.09. The second-order valence-electron chi connectivity index (χ2n) is 5.41. The van der Waals surface area contributed by atoms with Crippen LogP contribution in [0.1, 0.15) is 44.1 Å². The van der Waals surface area contributed by atoms with Crippen LogP contribution in [-0.4, -0.2) is 34.3 Å². The number of aromatic nitrogens is 2. The molecule has 4 heteroatoms. The van der Waals surface area contributed by atoms with Gasteiger partial charge in [-0.3, -0.25) is 0 Å². The van der Waals surface area contributed by atoms with Crippen LogP contribution in [0.2, 0.25) is 0 Å². The van der Waals surface area contributed by atoms with Gasteiger partial charge in [-0.25, -0.2) is 9.97 Å². The van der Waals surface area contributed by atoms with E-state index >= 15 is 0 Å². The summed E-state index contributed by atoms with van der Waals surface area (Å²) < 4.78 is 0. The average Bonchev–Trinajstić information content (AvgIpc) is 2.74. The molecular weight excluding hydrogens is 226 g/mol. The van der Waals surface area contributed by atoms with Crippen molar-refractivity contribution in [1.29, 1.82) is 0 Å². The van der Waals surface area contributed by atoms with E-state index in [1.807, 2.05) is 20.0 Å². The molecule has 1 aliphatic carbocycles. The van der Waals surface area contributed by atoms with Crippen molar-refractivity contribution in [3.63, 3.8) is 0 Å². The van der Waals surface area contributed by atoms with E-state index in [1.165, 1.54) is 0 Å². The van der Waals surface area contributed by atoms with E-state index in [9.17, 15) is 5.11 Å². The van der Waals surface area contributed by atoms with E-state index in [0.717, 1.165) is 49.4 Å². The lowest BCUT2D eigenvalue weighted by atomic mass is 10.0. The minimum absolute atomic E-state index is 0.528. The Hall–Kier alpha value is -1.16. The van der Waals surface area contributed by atoms with Crippen molar-refractivity contribution in [2.24, 2.45) is 0 Å². The van der Waals surface area contributed by atoms with E-state index in [1.54, 1.807) is 0 Å². The molecule has 1 aromatic heterocycles. The molecule has 0 spiro atoms. The second kappa shape index (κ2) is 5.22. The maximum Gasteiger partial charge on any atom is 0.132 e. The zero-order chi connectivity index (χ0) is 13.2. The molecule has 0 unspecified atom stereocenters. The van der Waals surface area contributed by atoms with Crippen LogP contribution < -0.4 is 4.90 Å². The summed E-state index contributed by atoms with van der Waals surface area (Å²) >= 11 is 0. The molecule has 18 heavy (non-hydrogen) atoms. The SMILES string of the molecule is CCc1cc(N(C)CC2(O)CCCC2)nc(C)n1. The predicted molar refractivity (Wildman–Crippen MR) is 72.8 cm³/mol. The number of hydrogen-bond acceptors (Lipinski definition) is 4. The maximum atomic E-state index is 10.4. The lowest BCUT2D eigenvalue weighted by Gasteiger charge is -2.29. The van der Waals surface area contributed by atoms with Gasteiger partial charge in [-0.1, -0.05) is 19.8 Å². The summed E-state index contributed by atoms with van der Waals surface area (Å²) in [6.45, 7) is 4.67. The van der Waals surface area contributed by atoms with Crippen LogP contribution in [0, 0.1) is 6.92 Å². The smallest absolute Gasteiger partial charge is 0.132 e. The molecule has 4 nitrogen and oxygen atoms in total. The Bertz CT molecular complexity index is 414. The van der Waals surface area contributed by atoms with Gasteiger partial charge in [0.05, 0.1) is 5.60 Å². The van der Waals surface area contributed by atoms with Crippen LogP contribution in [0.3, 0.4) is 0 Å². The van der Waals surface area contributed by atoms with Crippen molar-refractivity contribution in [3.05, 3.63) is 17.6 Å². The molecule has 1 aromatic rings. The molecule has 1 aliphatic rings. The zero-order valence-electron chi connectivity index (χ0n) is 11.6. The van der Waals surface area contributed by atoms with Gasteiger partial charge >= 0.3 is 0 Å². The average molecular weight is 249 g/mol. The van der Waals surface area contributed by atoms with Gasteiger partial charge in [-0.05, 0) is 26.2 Å². The third kappa shape index (κ3) is 2.99. The summed E-state index contributed by atoms with van der Waals surface area (Å²) in [4.78, 5) is 10.9. The highest BCUT2D eigenvalue weighted by molar-refractivity contribution is 5.39. The quantitative estimate of drug-likeness (QED) is 0.887. The number of likely N-dealkylation sites (N-methyl/N-ethyl adjacent to an activating group) is 1. The lowest BCUT2D eigenvalue weighted by Crippen LogP contribution is -2.39. The molecule has 0 amide bonds. The van der Waals surface area contributed by atoms with Crippen LogP contribution in [0.5, 0.6) is 0 Å². The molecular formula is C14H23N3O. The summed E-state index contributed by atoms with van der Waals surface area (Å²) in [5.74, 6) is 1.72. The van der Waals surface area contributed by atoms with Crippen LogP contribution in [0.4, 0.5) is 5.82 Å². The summed E-state index contributed by atoms with van der Waals surface area (Å²) in [5, 5.41) is 10.4. The standard InChI is InChI=1S/C14H23N3O/c1-4-12-9-13(16-11(2)15-12)17(3)10-14(18)7-5-6-8-14/h9,18H,4-8,10H2,1-3H3. The zero-order valence-corrected chi connectivity index (χ0v) is 11.6. The second-order valence-corrected chi connectivity index (χ2v) is 5.41. The van der Waals surface area contributed by atoms with Crippen molar-refractivity contribution < 1.29 is 5.11 Å². The highest BCUT2D eigenvalue weighted by atomic mass is 16.3. The number of hydrogen-bond donors (Lipinski definition) is 1. The minimum atomic E-state index is -0.528. The van der Waals surface area contributed by atoms with Gasteiger partial charge in [0.2, 0.25) is 0 Å². The minimum Gasteiger partial charge on any atom is -0.388 e. The molecule has 0 aliphatic heterocycles. The first-order chi connectivity index (χ1) is 8.52. The topological polar surface area (TPSA) is 49.2 Å². The largest absolute Gasteiger partial charge is 0.388 e. The molecule has 2 rings (SSSR count). The molecule has 0 saturated heterocycles. The van der Waals surface area contributed by atoms with Crippen molar-refractivity contribution in [2.45, 2.75) is 51.6 Å². The van der Waals surface area contributed by atoms with Gasteiger partial charge in [0, 0.05) is 25.4 Å². The Morgan fingerprint density at radius 1 is 1.33 bits per heavy atom. The molecule has 0 radical (unpaired) electrons. The Balaban J connectivity index is 2.12. The van der Waals surface area contributed by atoms with Gasteiger partial charge in [0.1, 0.15) is 11.6 Å². The van der Waals surface area contributed by atoms with Crippen LogP contribution >= 0.6 is 0 Å². The first kappa shape index (κ1) is 13.3. The van der Waals surface area contributed by atoms with E-state index in [2.05, 4.69) is 21.8 Å². The van der Waals surface area contributed by atoms with E-state index < -0.39 is 5.60 Å². The van der Waals surface area contributed by atoms with Gasteiger partial charge in [-0.2, -0.15) is 0 Å². The third-order valence-electron chi connectivity index (χ3n) is 3.70. The van der Waals surface area contributed by atoms with E-state index in [0.29, 0.717) is 6.54 Å². The summed E-state index contributed by atoms with van der Waals surface area (Å²) in [6.07, 6.45) is 4.99. The van der Waals surface area contributed by atoms with Crippen molar-refractivity contribution >= 4 is 5.82 Å². The highest BCUT2D eigenvalue weighted by Gasteiger charge is 2.32. The number of nitrogens with zero attached hydrogens (tertiary/aromatic N) is 3. The third-order valence-corrected chi connectivity index (χ3v) is 3.70. The van der Waals surface area contributed by atoms with Crippen molar-refractivity contribution in [2.75, 3.05) is 18.5 Å². The number of anilines is 1. The first-order valence-electron chi connectivity index (χ1n) is 6.80. The van der Waals surface area contributed by atoms with Gasteiger partial charge in [-0.15, -0.1) is 0 Å². The van der Waals surface area contributed by atoms with Gasteiger partial charge in [0.15, 0.2) is 0 Å². The van der Waals surface area contributed by atoms with Crippen molar-refractivity contribution in [1.82, 2.24) is 9.97 Å². The molecule has 1 heterocycles. The number of rotatable bonds is 4. The van der Waals surface area contributed by atoms with Gasteiger partial charge in [0.25, 0.3) is 0 Å². The van der Waals surface area contributed by atoms with Crippen LogP contribution in [-0.2, 0) is 6.42 Å². The lowest BCUT2D eigenvalue weighted by molar-refractivity contribution is 0.0558. The Morgan fingerprint density at radius 3 is 2.61 bits per heavy atom. The van der Waals surface area contributed by atoms with Crippen molar-refractivity contribution in [3.8, 4) is 0 Å². The number of aryl methyl sites for hydroxylation is 2. The van der Waals surface area contributed by atoms with E-state index in [-0.39, 0.29) is 0 Å². The fourth-order valence-electron chi connectivity index (χ4n) is 2.70. The summed E-state index contributed by atoms with van der Waals surface area (Å²) in [5.41, 5.74) is 0.530. The molecule has 1 N–H and O–H groups in total.